The second-order valence-corrected chi connectivity index (χ2v) is 5.16. The second kappa shape index (κ2) is 5.75. The molecule has 0 saturated carbocycles. The van der Waals surface area contributed by atoms with E-state index in [1.165, 1.54) is 12.1 Å². The Bertz CT molecular complexity index is 612. The molecule has 2 aromatic carbocycles. The third kappa shape index (κ3) is 3.45. The Labute approximate surface area is 122 Å². The first kappa shape index (κ1) is 14.7. The minimum Gasteiger partial charge on any atom is -0.398 e. The van der Waals surface area contributed by atoms with Gasteiger partial charge in [0.1, 0.15) is 0 Å². The van der Waals surface area contributed by atoms with Crippen LogP contribution < -0.4 is 11.1 Å². The maximum Gasteiger partial charge on any atom is 0.418 e. The maximum absolute atomic E-state index is 12.9. The van der Waals surface area contributed by atoms with Gasteiger partial charge in [-0.15, -0.1) is 0 Å². The monoisotopic (exact) mass is 344 g/mol. The summed E-state index contributed by atoms with van der Waals surface area (Å²) in [6.45, 7) is 0.228. The highest BCUT2D eigenvalue weighted by Crippen LogP contribution is 2.36. The van der Waals surface area contributed by atoms with E-state index in [1.54, 1.807) is 24.3 Å². The Morgan fingerprint density at radius 2 is 1.80 bits per heavy atom. The van der Waals surface area contributed by atoms with Gasteiger partial charge in [0, 0.05) is 22.4 Å². The van der Waals surface area contributed by atoms with Crippen LogP contribution in [0.15, 0.2) is 46.9 Å². The molecule has 0 atom stereocenters. The summed E-state index contributed by atoms with van der Waals surface area (Å²) in [5, 5.41) is 2.79. The Morgan fingerprint density at radius 3 is 2.45 bits per heavy atom. The van der Waals surface area contributed by atoms with Gasteiger partial charge in [0.05, 0.1) is 5.56 Å². The van der Waals surface area contributed by atoms with E-state index in [-0.39, 0.29) is 12.2 Å². The lowest BCUT2D eigenvalue weighted by Crippen LogP contribution is -2.11. The van der Waals surface area contributed by atoms with E-state index in [1.807, 2.05) is 0 Å². The summed E-state index contributed by atoms with van der Waals surface area (Å²) in [4.78, 5) is 0. The van der Waals surface area contributed by atoms with Crippen LogP contribution in [0, 0.1) is 0 Å². The van der Waals surface area contributed by atoms with Gasteiger partial charge in [0.25, 0.3) is 0 Å². The topological polar surface area (TPSA) is 38.0 Å². The van der Waals surface area contributed by atoms with Gasteiger partial charge in [-0.1, -0.05) is 34.1 Å². The van der Waals surface area contributed by atoms with Crippen LogP contribution in [0.3, 0.4) is 0 Å². The van der Waals surface area contributed by atoms with E-state index in [2.05, 4.69) is 21.2 Å². The van der Waals surface area contributed by atoms with Crippen LogP contribution in [0.4, 0.5) is 24.5 Å². The van der Waals surface area contributed by atoms with E-state index in [9.17, 15) is 13.2 Å². The molecule has 0 saturated heterocycles. The SMILES string of the molecule is Nc1ccccc1CNc1cc(Br)ccc1C(F)(F)F. The van der Waals surface area contributed by atoms with Gasteiger partial charge in [-0.3, -0.25) is 0 Å². The predicted octanol–water partition coefficient (Wildman–Crippen LogP) is 4.66. The fourth-order valence-electron chi connectivity index (χ4n) is 1.80. The number of halogens is 4. The van der Waals surface area contributed by atoms with Crippen molar-refractivity contribution in [3.05, 3.63) is 58.1 Å². The van der Waals surface area contributed by atoms with Crippen molar-refractivity contribution < 1.29 is 13.2 Å². The minimum absolute atomic E-state index is 0.0233. The third-order valence-electron chi connectivity index (χ3n) is 2.81. The number of alkyl halides is 3. The first-order valence-corrected chi connectivity index (χ1v) is 6.61. The number of hydrogen-bond acceptors (Lipinski definition) is 2. The predicted molar refractivity (Wildman–Crippen MR) is 77.3 cm³/mol. The molecule has 0 unspecified atom stereocenters. The van der Waals surface area contributed by atoms with Crippen LogP contribution in [0.2, 0.25) is 0 Å². The molecule has 6 heteroatoms. The van der Waals surface area contributed by atoms with Crippen molar-refractivity contribution in [3.8, 4) is 0 Å². The number of nitrogens with two attached hydrogens (primary N) is 1. The Kier molecular flexibility index (Phi) is 4.23. The van der Waals surface area contributed by atoms with Gasteiger partial charge < -0.3 is 11.1 Å². The van der Waals surface area contributed by atoms with Crippen LogP contribution in [0.1, 0.15) is 11.1 Å². The fraction of sp³-hybridized carbons (Fsp3) is 0.143. The summed E-state index contributed by atoms with van der Waals surface area (Å²) < 4.78 is 39.3. The van der Waals surface area contributed by atoms with Gasteiger partial charge in [-0.05, 0) is 29.8 Å². The summed E-state index contributed by atoms with van der Waals surface area (Å²) in [6.07, 6.45) is -4.40. The van der Waals surface area contributed by atoms with Crippen molar-refractivity contribution in [2.75, 3.05) is 11.1 Å². The Balaban J connectivity index is 2.25. The zero-order chi connectivity index (χ0) is 14.8. The van der Waals surface area contributed by atoms with Crippen LogP contribution in [-0.2, 0) is 12.7 Å². The first-order valence-electron chi connectivity index (χ1n) is 5.82. The van der Waals surface area contributed by atoms with Gasteiger partial charge in [-0.2, -0.15) is 13.2 Å². The van der Waals surface area contributed by atoms with Crippen LogP contribution in [-0.4, -0.2) is 0 Å². The molecule has 2 rings (SSSR count). The van der Waals surface area contributed by atoms with E-state index < -0.39 is 11.7 Å². The molecular weight excluding hydrogens is 333 g/mol. The number of para-hydroxylation sites is 1. The lowest BCUT2D eigenvalue weighted by atomic mass is 10.1. The Hall–Kier alpha value is -1.69. The quantitative estimate of drug-likeness (QED) is 0.794. The van der Waals surface area contributed by atoms with Crippen molar-refractivity contribution >= 4 is 27.3 Å². The van der Waals surface area contributed by atoms with Crippen molar-refractivity contribution in [1.29, 1.82) is 0 Å². The molecule has 106 valence electrons. The minimum atomic E-state index is -4.40. The zero-order valence-corrected chi connectivity index (χ0v) is 11.9. The molecule has 0 aliphatic heterocycles. The molecule has 20 heavy (non-hydrogen) atoms. The van der Waals surface area contributed by atoms with Crippen LogP contribution >= 0.6 is 15.9 Å². The average Bonchev–Trinajstić information content (AvgIpc) is 2.36. The number of nitrogens with one attached hydrogen (secondary N) is 1. The molecule has 0 bridgehead atoms. The van der Waals surface area contributed by atoms with Gasteiger partial charge >= 0.3 is 6.18 Å². The number of benzene rings is 2. The first-order chi connectivity index (χ1) is 9.38. The summed E-state index contributed by atoms with van der Waals surface area (Å²) in [5.41, 5.74) is 6.39. The van der Waals surface area contributed by atoms with Crippen molar-refractivity contribution in [1.82, 2.24) is 0 Å². The number of anilines is 2. The number of nitrogen functional groups attached to an aromatic ring is 1. The Morgan fingerprint density at radius 1 is 1.10 bits per heavy atom. The highest BCUT2D eigenvalue weighted by atomic mass is 79.9. The van der Waals surface area contributed by atoms with Crippen molar-refractivity contribution in [3.63, 3.8) is 0 Å². The normalized spacial score (nSPS) is 11.4. The maximum atomic E-state index is 12.9. The number of hydrogen-bond donors (Lipinski definition) is 2. The van der Waals surface area contributed by atoms with E-state index in [0.29, 0.717) is 10.2 Å². The molecule has 0 aliphatic carbocycles. The third-order valence-corrected chi connectivity index (χ3v) is 3.30. The van der Waals surface area contributed by atoms with Crippen LogP contribution in [0.25, 0.3) is 0 Å². The standard InChI is InChI=1S/C14H12BrF3N2/c15-10-5-6-11(14(16,17)18)13(7-10)20-8-9-3-1-2-4-12(9)19/h1-7,20H,8,19H2. The van der Waals surface area contributed by atoms with Crippen LogP contribution in [0.5, 0.6) is 0 Å². The lowest BCUT2D eigenvalue weighted by Gasteiger charge is -2.15. The molecule has 2 nitrogen and oxygen atoms in total. The van der Waals surface area contributed by atoms with Crippen molar-refractivity contribution in [2.45, 2.75) is 12.7 Å². The molecule has 0 spiro atoms. The number of rotatable bonds is 3. The highest BCUT2D eigenvalue weighted by Gasteiger charge is 2.33. The van der Waals surface area contributed by atoms with Gasteiger partial charge in [-0.25, -0.2) is 0 Å². The van der Waals surface area contributed by atoms with E-state index in [0.717, 1.165) is 11.6 Å². The summed E-state index contributed by atoms with van der Waals surface area (Å²) >= 11 is 3.17. The summed E-state index contributed by atoms with van der Waals surface area (Å²) in [7, 11) is 0. The molecule has 0 amide bonds. The molecule has 0 heterocycles. The largest absolute Gasteiger partial charge is 0.418 e. The summed E-state index contributed by atoms with van der Waals surface area (Å²) in [6, 6.07) is 10.9. The molecule has 2 aromatic rings. The molecule has 0 aromatic heterocycles. The fourth-order valence-corrected chi connectivity index (χ4v) is 2.16. The van der Waals surface area contributed by atoms with E-state index >= 15 is 0 Å². The lowest BCUT2D eigenvalue weighted by molar-refractivity contribution is -0.137. The molecule has 0 aliphatic rings. The summed E-state index contributed by atoms with van der Waals surface area (Å²) in [5.74, 6) is 0. The van der Waals surface area contributed by atoms with E-state index in [4.69, 9.17) is 5.73 Å². The zero-order valence-electron chi connectivity index (χ0n) is 10.3. The molecule has 0 radical (unpaired) electrons. The second-order valence-electron chi connectivity index (χ2n) is 4.24. The highest BCUT2D eigenvalue weighted by molar-refractivity contribution is 9.10. The molecule has 3 N–H and O–H groups in total. The average molecular weight is 345 g/mol. The smallest absolute Gasteiger partial charge is 0.398 e. The van der Waals surface area contributed by atoms with Crippen molar-refractivity contribution in [2.24, 2.45) is 0 Å². The molecular formula is C14H12BrF3N2. The molecule has 0 fully saturated rings. The van der Waals surface area contributed by atoms with Gasteiger partial charge in [0.15, 0.2) is 0 Å². The van der Waals surface area contributed by atoms with Gasteiger partial charge in [0.2, 0.25) is 0 Å².